The van der Waals surface area contributed by atoms with Crippen molar-refractivity contribution in [3.05, 3.63) is 60.2 Å². The Labute approximate surface area is 127 Å². The Balaban J connectivity index is 2.08. The molecule has 2 unspecified atom stereocenters. The Kier molecular flexibility index (Phi) is 5.54. The second kappa shape index (κ2) is 7.39. The maximum atomic E-state index is 9.42. The molecule has 0 aromatic heterocycles. The molecule has 2 heteroatoms. The first-order chi connectivity index (χ1) is 10.1. The Morgan fingerprint density at radius 3 is 1.95 bits per heavy atom. The summed E-state index contributed by atoms with van der Waals surface area (Å²) in [6.45, 7) is 6.56. The average Bonchev–Trinajstić information content (AvgIpc) is 2.53. The van der Waals surface area contributed by atoms with Crippen molar-refractivity contribution in [2.75, 3.05) is 6.61 Å². The maximum Gasteiger partial charge on any atom is 0.0587 e. The van der Waals surface area contributed by atoms with E-state index in [4.69, 9.17) is 0 Å². The van der Waals surface area contributed by atoms with Crippen LogP contribution >= 0.6 is 0 Å². The minimum atomic E-state index is 0.133. The van der Waals surface area contributed by atoms with Crippen LogP contribution in [0.4, 0.5) is 0 Å². The Hall–Kier alpha value is -1.64. The average molecular weight is 283 g/mol. The van der Waals surface area contributed by atoms with Gasteiger partial charge in [0.15, 0.2) is 0 Å². The van der Waals surface area contributed by atoms with Crippen LogP contribution in [0.1, 0.15) is 32.4 Å². The first kappa shape index (κ1) is 15.7. The third kappa shape index (κ3) is 4.16. The van der Waals surface area contributed by atoms with E-state index >= 15 is 0 Å². The largest absolute Gasteiger partial charge is 0.395 e. The van der Waals surface area contributed by atoms with Gasteiger partial charge >= 0.3 is 0 Å². The van der Waals surface area contributed by atoms with Crippen LogP contribution in [0.15, 0.2) is 54.6 Å². The van der Waals surface area contributed by atoms with Gasteiger partial charge < -0.3 is 10.4 Å². The molecule has 0 saturated carbocycles. The Morgan fingerprint density at radius 1 is 0.857 bits per heavy atom. The first-order valence-electron chi connectivity index (χ1n) is 7.64. The molecule has 0 aliphatic rings. The van der Waals surface area contributed by atoms with Gasteiger partial charge in [0.25, 0.3) is 0 Å². The number of hydrogen-bond donors (Lipinski definition) is 2. The van der Waals surface area contributed by atoms with Gasteiger partial charge in [-0.1, -0.05) is 68.4 Å². The molecule has 0 saturated heterocycles. The smallest absolute Gasteiger partial charge is 0.0587 e. The van der Waals surface area contributed by atoms with E-state index in [2.05, 4.69) is 74.6 Å². The van der Waals surface area contributed by atoms with Crippen LogP contribution < -0.4 is 5.32 Å². The number of aliphatic hydroxyl groups is 1. The normalized spacial score (nSPS) is 14.1. The summed E-state index contributed by atoms with van der Waals surface area (Å²) in [4.78, 5) is 0. The predicted octanol–water partition coefficient (Wildman–Crippen LogP) is 4.02. The van der Waals surface area contributed by atoms with E-state index in [0.717, 1.165) is 0 Å². The number of aliphatic hydroxyl groups excluding tert-OH is 1. The summed E-state index contributed by atoms with van der Waals surface area (Å²) in [5, 5.41) is 12.9. The summed E-state index contributed by atoms with van der Waals surface area (Å²) in [7, 11) is 0. The highest BCUT2D eigenvalue weighted by atomic mass is 16.3. The molecule has 0 heterocycles. The van der Waals surface area contributed by atoms with Gasteiger partial charge in [-0.2, -0.15) is 0 Å². The lowest BCUT2D eigenvalue weighted by Gasteiger charge is -2.25. The second-order valence-corrected chi connectivity index (χ2v) is 5.91. The molecule has 2 aromatic rings. The summed E-state index contributed by atoms with van der Waals surface area (Å²) in [6, 6.07) is 19.4. The van der Waals surface area contributed by atoms with Crippen molar-refractivity contribution in [2.45, 2.75) is 32.9 Å². The summed E-state index contributed by atoms with van der Waals surface area (Å²) in [5.41, 5.74) is 3.71. The second-order valence-electron chi connectivity index (χ2n) is 5.91. The Morgan fingerprint density at radius 2 is 1.43 bits per heavy atom. The van der Waals surface area contributed by atoms with Crippen LogP contribution in [0, 0.1) is 5.92 Å². The third-order valence-corrected chi connectivity index (χ3v) is 3.98. The van der Waals surface area contributed by atoms with Gasteiger partial charge in [-0.05, 0) is 29.5 Å². The predicted molar refractivity (Wildman–Crippen MR) is 89.1 cm³/mol. The van der Waals surface area contributed by atoms with Gasteiger partial charge in [-0.3, -0.25) is 0 Å². The molecule has 21 heavy (non-hydrogen) atoms. The third-order valence-electron chi connectivity index (χ3n) is 3.98. The first-order valence-corrected chi connectivity index (χ1v) is 7.64. The van der Waals surface area contributed by atoms with E-state index < -0.39 is 0 Å². The van der Waals surface area contributed by atoms with Gasteiger partial charge in [0.1, 0.15) is 0 Å². The number of hydrogen-bond acceptors (Lipinski definition) is 2. The van der Waals surface area contributed by atoms with E-state index in [1.165, 1.54) is 16.7 Å². The van der Waals surface area contributed by atoms with Crippen LogP contribution in [0.25, 0.3) is 11.1 Å². The number of nitrogens with one attached hydrogen (secondary N) is 1. The highest BCUT2D eigenvalue weighted by molar-refractivity contribution is 5.63. The molecule has 0 spiro atoms. The lowest BCUT2D eigenvalue weighted by molar-refractivity contribution is 0.201. The van der Waals surface area contributed by atoms with Gasteiger partial charge in [-0.25, -0.2) is 0 Å². The van der Waals surface area contributed by atoms with Crippen molar-refractivity contribution < 1.29 is 5.11 Å². The molecule has 0 aliphatic heterocycles. The van der Waals surface area contributed by atoms with Gasteiger partial charge in [0.2, 0.25) is 0 Å². The van der Waals surface area contributed by atoms with Crippen LogP contribution in [-0.4, -0.2) is 17.8 Å². The van der Waals surface area contributed by atoms with Crippen LogP contribution in [0.3, 0.4) is 0 Å². The molecule has 2 N–H and O–H groups in total. The fourth-order valence-electron chi connectivity index (χ4n) is 2.47. The van der Waals surface area contributed by atoms with E-state index in [0.29, 0.717) is 5.92 Å². The number of rotatable bonds is 6. The molecule has 2 rings (SSSR count). The molecule has 2 atom stereocenters. The lowest BCUT2D eigenvalue weighted by Crippen LogP contribution is -2.38. The Bertz CT molecular complexity index is 533. The fourth-order valence-corrected chi connectivity index (χ4v) is 2.47. The minimum absolute atomic E-state index is 0.133. The van der Waals surface area contributed by atoms with Crippen LogP contribution in [0.5, 0.6) is 0 Å². The van der Waals surface area contributed by atoms with Crippen LogP contribution in [0.2, 0.25) is 0 Å². The summed E-state index contributed by atoms with van der Waals surface area (Å²) >= 11 is 0. The highest BCUT2D eigenvalue weighted by Crippen LogP contribution is 2.22. The molecule has 0 fully saturated rings. The molecule has 0 bridgehead atoms. The van der Waals surface area contributed by atoms with Crippen molar-refractivity contribution in [1.82, 2.24) is 5.32 Å². The summed E-state index contributed by atoms with van der Waals surface area (Å²) in [5.74, 6) is 0.418. The zero-order valence-corrected chi connectivity index (χ0v) is 13.1. The zero-order valence-electron chi connectivity index (χ0n) is 13.1. The van der Waals surface area contributed by atoms with E-state index in [9.17, 15) is 5.11 Å². The van der Waals surface area contributed by atoms with E-state index in [1.54, 1.807) is 0 Å². The highest BCUT2D eigenvalue weighted by Gasteiger charge is 2.15. The lowest BCUT2D eigenvalue weighted by atomic mass is 9.99. The molecular weight excluding hydrogens is 258 g/mol. The van der Waals surface area contributed by atoms with Crippen molar-refractivity contribution in [2.24, 2.45) is 5.92 Å². The summed E-state index contributed by atoms with van der Waals surface area (Å²) in [6.07, 6.45) is 0. The standard InChI is InChI=1S/C19H25NO/c1-14(2)19(13-21)20-15(3)16-9-11-18(12-10-16)17-7-5-4-6-8-17/h4-12,14-15,19-21H,13H2,1-3H3. The molecule has 0 radical (unpaired) electrons. The van der Waals surface area contributed by atoms with Crippen LogP contribution in [-0.2, 0) is 0 Å². The van der Waals surface area contributed by atoms with Gasteiger partial charge in [0.05, 0.1) is 6.61 Å². The van der Waals surface area contributed by atoms with Gasteiger partial charge in [-0.15, -0.1) is 0 Å². The van der Waals surface area contributed by atoms with Crippen molar-refractivity contribution in [3.63, 3.8) is 0 Å². The van der Waals surface area contributed by atoms with E-state index in [1.807, 2.05) is 6.07 Å². The quantitative estimate of drug-likeness (QED) is 0.839. The zero-order chi connectivity index (χ0) is 15.2. The van der Waals surface area contributed by atoms with Crippen molar-refractivity contribution in [1.29, 1.82) is 0 Å². The SMILES string of the molecule is CC(NC(CO)C(C)C)c1ccc(-c2ccccc2)cc1. The van der Waals surface area contributed by atoms with Crippen molar-refractivity contribution in [3.8, 4) is 11.1 Å². The van der Waals surface area contributed by atoms with Gasteiger partial charge in [0, 0.05) is 12.1 Å². The van der Waals surface area contributed by atoms with Crippen molar-refractivity contribution >= 4 is 0 Å². The minimum Gasteiger partial charge on any atom is -0.395 e. The molecule has 2 nitrogen and oxygen atoms in total. The number of benzene rings is 2. The molecular formula is C19H25NO. The van der Waals surface area contributed by atoms with E-state index in [-0.39, 0.29) is 18.7 Å². The maximum absolute atomic E-state index is 9.42. The molecule has 0 amide bonds. The fraction of sp³-hybridized carbons (Fsp3) is 0.368. The molecule has 112 valence electrons. The monoisotopic (exact) mass is 283 g/mol. The summed E-state index contributed by atoms with van der Waals surface area (Å²) < 4.78 is 0. The molecule has 0 aliphatic carbocycles. The molecule has 2 aromatic carbocycles. The topological polar surface area (TPSA) is 32.3 Å².